The fourth-order valence-corrected chi connectivity index (χ4v) is 1.45. The SMILES string of the molecule is C=CCOC(=O)C=C.C=COC(=O)CCCCCC(C)(C)C. The lowest BCUT2D eigenvalue weighted by molar-refractivity contribution is -0.138. The summed E-state index contributed by atoms with van der Waals surface area (Å²) >= 11 is 0. The molecule has 0 N–H and O–H groups in total. The second-order valence-corrected chi connectivity index (χ2v) is 5.90. The van der Waals surface area contributed by atoms with E-state index < -0.39 is 5.97 Å². The highest BCUT2D eigenvalue weighted by atomic mass is 16.5. The van der Waals surface area contributed by atoms with E-state index in [0.717, 1.165) is 18.9 Å². The van der Waals surface area contributed by atoms with E-state index in [9.17, 15) is 9.59 Å². The summed E-state index contributed by atoms with van der Waals surface area (Å²) in [4.78, 5) is 21.1. The molecular weight excluding hydrogens is 280 g/mol. The van der Waals surface area contributed by atoms with E-state index in [1.54, 1.807) is 0 Å². The third-order valence-corrected chi connectivity index (χ3v) is 2.53. The summed E-state index contributed by atoms with van der Waals surface area (Å²) in [7, 11) is 0. The van der Waals surface area contributed by atoms with Crippen molar-refractivity contribution in [2.75, 3.05) is 6.61 Å². The zero-order chi connectivity index (χ0) is 17.4. The average Bonchev–Trinajstić information content (AvgIpc) is 2.44. The summed E-state index contributed by atoms with van der Waals surface area (Å²) in [5.74, 6) is -0.583. The quantitative estimate of drug-likeness (QED) is 0.206. The van der Waals surface area contributed by atoms with E-state index in [1.165, 1.54) is 25.2 Å². The molecule has 0 saturated carbocycles. The van der Waals surface area contributed by atoms with Gasteiger partial charge in [-0.3, -0.25) is 4.79 Å². The van der Waals surface area contributed by atoms with Crippen LogP contribution in [0.2, 0.25) is 0 Å². The monoisotopic (exact) mass is 310 g/mol. The molecule has 126 valence electrons. The standard InChI is InChI=1S/C12H22O2.C6H8O2/c1-5-14-11(13)9-7-6-8-10-12(2,3)4;1-3-5-8-6(7)4-2/h5H,1,6-10H2,2-4H3;3-4H,1-2,5H2. The van der Waals surface area contributed by atoms with Crippen LogP contribution in [0.1, 0.15) is 52.9 Å². The zero-order valence-electron chi connectivity index (χ0n) is 14.2. The molecule has 0 unspecified atom stereocenters. The second kappa shape index (κ2) is 14.1. The lowest BCUT2D eigenvalue weighted by Crippen LogP contribution is -2.04. The smallest absolute Gasteiger partial charge is 0.330 e. The molecule has 4 heteroatoms. The second-order valence-electron chi connectivity index (χ2n) is 5.90. The van der Waals surface area contributed by atoms with Crippen LogP contribution in [0.3, 0.4) is 0 Å². The Morgan fingerprint density at radius 3 is 2.14 bits per heavy atom. The maximum absolute atomic E-state index is 10.9. The minimum absolute atomic E-state index is 0.171. The molecule has 0 radical (unpaired) electrons. The number of hydrogen-bond acceptors (Lipinski definition) is 4. The van der Waals surface area contributed by atoms with Crippen LogP contribution in [0.25, 0.3) is 0 Å². The third-order valence-electron chi connectivity index (χ3n) is 2.53. The van der Waals surface area contributed by atoms with Crippen molar-refractivity contribution in [2.24, 2.45) is 5.41 Å². The minimum atomic E-state index is -0.412. The van der Waals surface area contributed by atoms with Crippen LogP contribution in [-0.2, 0) is 19.1 Å². The Kier molecular flexibility index (Phi) is 14.4. The maximum atomic E-state index is 10.9. The van der Waals surface area contributed by atoms with Gasteiger partial charge in [0.2, 0.25) is 0 Å². The van der Waals surface area contributed by atoms with Crippen molar-refractivity contribution in [1.29, 1.82) is 0 Å². The Hall–Kier alpha value is -1.84. The molecule has 4 nitrogen and oxygen atoms in total. The third kappa shape index (κ3) is 20.5. The zero-order valence-corrected chi connectivity index (χ0v) is 14.2. The van der Waals surface area contributed by atoms with Gasteiger partial charge in [-0.1, -0.05) is 59.4 Å². The molecule has 0 aliphatic carbocycles. The summed E-state index contributed by atoms with van der Waals surface area (Å²) in [6.07, 6.45) is 8.74. The lowest BCUT2D eigenvalue weighted by atomic mass is 9.89. The van der Waals surface area contributed by atoms with Crippen LogP contribution in [0.4, 0.5) is 0 Å². The Labute approximate surface area is 134 Å². The Bertz CT molecular complexity index is 351. The van der Waals surface area contributed by atoms with Crippen molar-refractivity contribution < 1.29 is 19.1 Å². The van der Waals surface area contributed by atoms with Crippen molar-refractivity contribution in [3.63, 3.8) is 0 Å². The molecule has 0 atom stereocenters. The van der Waals surface area contributed by atoms with Crippen molar-refractivity contribution in [1.82, 2.24) is 0 Å². The van der Waals surface area contributed by atoms with Gasteiger partial charge >= 0.3 is 11.9 Å². The number of esters is 2. The molecule has 0 saturated heterocycles. The molecule has 0 aliphatic rings. The molecule has 0 rings (SSSR count). The van der Waals surface area contributed by atoms with Gasteiger partial charge < -0.3 is 9.47 Å². The Balaban J connectivity index is 0. The number of hydrogen-bond donors (Lipinski definition) is 0. The van der Waals surface area contributed by atoms with Gasteiger partial charge in [-0.15, -0.1) is 0 Å². The number of carbonyl (C=O) groups is 2. The molecule has 0 spiro atoms. The summed E-state index contributed by atoms with van der Waals surface area (Å²) < 4.78 is 9.08. The molecule has 0 fully saturated rings. The Morgan fingerprint density at radius 1 is 1.05 bits per heavy atom. The van der Waals surface area contributed by atoms with Gasteiger partial charge in [0.05, 0.1) is 6.26 Å². The normalized spacial score (nSPS) is 9.77. The fraction of sp³-hybridized carbons (Fsp3) is 0.556. The highest BCUT2D eigenvalue weighted by Crippen LogP contribution is 2.22. The highest BCUT2D eigenvalue weighted by Gasteiger charge is 2.09. The van der Waals surface area contributed by atoms with E-state index in [1.807, 2.05) is 0 Å². The molecule has 0 amide bonds. The molecule has 0 aromatic carbocycles. The molecule has 0 bridgehead atoms. The van der Waals surface area contributed by atoms with E-state index in [4.69, 9.17) is 0 Å². The van der Waals surface area contributed by atoms with Crippen molar-refractivity contribution >= 4 is 11.9 Å². The van der Waals surface area contributed by atoms with Crippen LogP contribution in [0, 0.1) is 5.41 Å². The van der Waals surface area contributed by atoms with Crippen LogP contribution in [-0.4, -0.2) is 18.5 Å². The van der Waals surface area contributed by atoms with E-state index in [0.29, 0.717) is 11.8 Å². The van der Waals surface area contributed by atoms with Gasteiger partial charge in [0, 0.05) is 12.5 Å². The van der Waals surface area contributed by atoms with E-state index in [2.05, 4.69) is 50.0 Å². The van der Waals surface area contributed by atoms with Crippen LogP contribution in [0.15, 0.2) is 38.2 Å². The van der Waals surface area contributed by atoms with Crippen LogP contribution >= 0.6 is 0 Å². The van der Waals surface area contributed by atoms with Crippen molar-refractivity contribution in [3.05, 3.63) is 38.2 Å². The number of rotatable bonds is 9. The first kappa shape index (κ1) is 22.4. The predicted octanol–water partition coefficient (Wildman–Crippen LogP) is 4.57. The first-order chi connectivity index (χ1) is 10.3. The van der Waals surface area contributed by atoms with Gasteiger partial charge in [0.15, 0.2) is 0 Å². The lowest BCUT2D eigenvalue weighted by Gasteiger charge is -2.17. The fourth-order valence-electron chi connectivity index (χ4n) is 1.45. The maximum Gasteiger partial charge on any atom is 0.330 e. The van der Waals surface area contributed by atoms with Crippen molar-refractivity contribution in [2.45, 2.75) is 52.9 Å². The van der Waals surface area contributed by atoms with Gasteiger partial charge in [0.25, 0.3) is 0 Å². The van der Waals surface area contributed by atoms with Gasteiger partial charge in [-0.05, 0) is 18.3 Å². The minimum Gasteiger partial charge on any atom is -0.458 e. The number of carbonyl (C=O) groups excluding carboxylic acids is 2. The molecule has 22 heavy (non-hydrogen) atoms. The van der Waals surface area contributed by atoms with E-state index >= 15 is 0 Å². The van der Waals surface area contributed by atoms with Gasteiger partial charge in [-0.2, -0.15) is 0 Å². The first-order valence-electron chi connectivity index (χ1n) is 7.47. The first-order valence-corrected chi connectivity index (χ1v) is 7.47. The van der Waals surface area contributed by atoms with Crippen molar-refractivity contribution in [3.8, 4) is 0 Å². The topological polar surface area (TPSA) is 52.6 Å². The molecule has 0 aromatic rings. The van der Waals surface area contributed by atoms with Gasteiger partial charge in [0.1, 0.15) is 6.61 Å². The van der Waals surface area contributed by atoms with Crippen LogP contribution < -0.4 is 0 Å². The van der Waals surface area contributed by atoms with Crippen LogP contribution in [0.5, 0.6) is 0 Å². The Morgan fingerprint density at radius 2 is 1.68 bits per heavy atom. The molecule has 0 aromatic heterocycles. The number of ether oxygens (including phenoxy) is 2. The largest absolute Gasteiger partial charge is 0.458 e. The van der Waals surface area contributed by atoms with Gasteiger partial charge in [-0.25, -0.2) is 4.79 Å². The summed E-state index contributed by atoms with van der Waals surface area (Å²) in [5.41, 5.74) is 0.404. The highest BCUT2D eigenvalue weighted by molar-refractivity contribution is 5.81. The average molecular weight is 310 g/mol. The summed E-state index contributed by atoms with van der Waals surface area (Å²) in [6, 6.07) is 0. The predicted molar refractivity (Wildman–Crippen MR) is 90.2 cm³/mol. The molecule has 0 aliphatic heterocycles. The summed E-state index contributed by atoms with van der Waals surface area (Å²) in [6.45, 7) is 16.9. The van der Waals surface area contributed by atoms with E-state index in [-0.39, 0.29) is 12.6 Å². The summed E-state index contributed by atoms with van der Waals surface area (Å²) in [5, 5.41) is 0. The molecule has 0 heterocycles. The number of unbranched alkanes of at least 4 members (excludes halogenated alkanes) is 2. The molecular formula is C18H30O4.